The third-order valence-electron chi connectivity index (χ3n) is 3.14. The SMILES string of the molecule is COc1nc(C)c(NS(=O)(=O)c2cccc(C(F)(F)F)c2)c(C)n1. The molecule has 2 rings (SSSR count). The summed E-state index contributed by atoms with van der Waals surface area (Å²) in [5, 5.41) is 0. The van der Waals surface area contributed by atoms with E-state index in [9.17, 15) is 21.6 Å². The van der Waals surface area contributed by atoms with Gasteiger partial charge in [-0.3, -0.25) is 4.72 Å². The number of benzene rings is 1. The third kappa shape index (κ3) is 3.75. The van der Waals surface area contributed by atoms with Crippen LogP contribution in [-0.4, -0.2) is 25.5 Å². The Hall–Kier alpha value is -2.36. The summed E-state index contributed by atoms with van der Waals surface area (Å²) in [7, 11) is -2.87. The first-order valence-electron chi connectivity index (χ1n) is 6.64. The third-order valence-corrected chi connectivity index (χ3v) is 4.49. The zero-order valence-electron chi connectivity index (χ0n) is 13.0. The Morgan fingerprint density at radius 1 is 1.12 bits per heavy atom. The molecule has 1 aromatic heterocycles. The maximum Gasteiger partial charge on any atom is 0.416 e. The van der Waals surface area contributed by atoms with Crippen molar-refractivity contribution >= 4 is 15.7 Å². The number of alkyl halides is 3. The molecule has 0 unspecified atom stereocenters. The summed E-state index contributed by atoms with van der Waals surface area (Å²) in [5.74, 6) is 0. The lowest BCUT2D eigenvalue weighted by atomic mass is 10.2. The van der Waals surface area contributed by atoms with Crippen molar-refractivity contribution in [3.05, 3.63) is 41.2 Å². The number of hydrogen-bond donors (Lipinski definition) is 1. The highest BCUT2D eigenvalue weighted by Crippen LogP contribution is 2.31. The molecular weight excluding hydrogens is 347 g/mol. The van der Waals surface area contributed by atoms with E-state index >= 15 is 0 Å². The fourth-order valence-corrected chi connectivity index (χ4v) is 3.18. The first-order chi connectivity index (χ1) is 11.0. The monoisotopic (exact) mass is 361 g/mol. The van der Waals surface area contributed by atoms with Crippen LogP contribution in [0, 0.1) is 13.8 Å². The second kappa shape index (κ2) is 6.27. The van der Waals surface area contributed by atoms with Gasteiger partial charge in [0, 0.05) is 0 Å². The number of aryl methyl sites for hydroxylation is 2. The summed E-state index contributed by atoms with van der Waals surface area (Å²) in [4.78, 5) is 7.39. The van der Waals surface area contributed by atoms with E-state index in [0.717, 1.165) is 18.2 Å². The van der Waals surface area contributed by atoms with Gasteiger partial charge in [0.1, 0.15) is 0 Å². The standard InChI is InChI=1S/C14H14F3N3O3S/c1-8-12(9(2)19-13(18-8)23-3)20-24(21,22)11-6-4-5-10(7-11)14(15,16)17/h4-7,20H,1-3H3. The zero-order chi connectivity index (χ0) is 18.1. The van der Waals surface area contributed by atoms with Gasteiger partial charge in [0.05, 0.1) is 34.6 Å². The molecule has 1 N–H and O–H groups in total. The molecule has 0 aliphatic carbocycles. The van der Waals surface area contributed by atoms with E-state index in [1.807, 2.05) is 0 Å². The van der Waals surface area contributed by atoms with Crippen molar-refractivity contribution in [3.63, 3.8) is 0 Å². The second-order valence-electron chi connectivity index (χ2n) is 4.89. The van der Waals surface area contributed by atoms with Crippen LogP contribution in [0.25, 0.3) is 0 Å². The predicted octanol–water partition coefficient (Wildman–Crippen LogP) is 2.92. The molecule has 0 amide bonds. The Labute approximate surface area is 136 Å². The first kappa shape index (κ1) is 18.0. The summed E-state index contributed by atoms with van der Waals surface area (Å²) in [6.45, 7) is 3.06. The lowest BCUT2D eigenvalue weighted by molar-refractivity contribution is -0.137. The van der Waals surface area contributed by atoms with E-state index in [1.54, 1.807) is 0 Å². The number of hydrogen-bond acceptors (Lipinski definition) is 5. The molecule has 10 heteroatoms. The summed E-state index contributed by atoms with van der Waals surface area (Å²) in [6, 6.07) is 3.53. The molecule has 2 aromatic rings. The van der Waals surface area contributed by atoms with Gasteiger partial charge in [0.15, 0.2) is 0 Å². The predicted molar refractivity (Wildman–Crippen MR) is 80.3 cm³/mol. The number of aromatic nitrogens is 2. The number of ether oxygens (including phenoxy) is 1. The van der Waals surface area contributed by atoms with Gasteiger partial charge in [-0.05, 0) is 32.0 Å². The Morgan fingerprint density at radius 3 is 2.21 bits per heavy atom. The Bertz CT molecular complexity index is 844. The number of nitrogens with zero attached hydrogens (tertiary/aromatic N) is 2. The van der Waals surface area contributed by atoms with Crippen LogP contribution in [0.4, 0.5) is 18.9 Å². The largest absolute Gasteiger partial charge is 0.467 e. The van der Waals surface area contributed by atoms with Crippen molar-refractivity contribution in [1.29, 1.82) is 0 Å². The highest BCUT2D eigenvalue weighted by atomic mass is 32.2. The molecule has 1 heterocycles. The Kier molecular flexibility index (Phi) is 4.70. The molecule has 0 atom stereocenters. The van der Waals surface area contributed by atoms with Gasteiger partial charge >= 0.3 is 12.2 Å². The molecule has 0 fully saturated rings. The maximum absolute atomic E-state index is 12.7. The van der Waals surface area contributed by atoms with Crippen molar-refractivity contribution in [1.82, 2.24) is 9.97 Å². The van der Waals surface area contributed by atoms with Crippen molar-refractivity contribution in [3.8, 4) is 6.01 Å². The minimum absolute atomic E-state index is 0.0621. The van der Waals surface area contributed by atoms with Gasteiger partial charge in [-0.2, -0.15) is 23.1 Å². The first-order valence-corrected chi connectivity index (χ1v) is 8.12. The minimum Gasteiger partial charge on any atom is -0.467 e. The van der Waals surface area contributed by atoms with Crippen LogP contribution in [0.3, 0.4) is 0 Å². The molecule has 0 spiro atoms. The summed E-state index contributed by atoms with van der Waals surface area (Å²) in [5.41, 5.74) is -0.386. The van der Waals surface area contributed by atoms with Crippen LogP contribution < -0.4 is 9.46 Å². The highest BCUT2D eigenvalue weighted by molar-refractivity contribution is 7.92. The van der Waals surface area contributed by atoms with E-state index in [1.165, 1.54) is 21.0 Å². The molecule has 0 saturated carbocycles. The molecule has 0 aliphatic rings. The van der Waals surface area contributed by atoms with Crippen molar-refractivity contribution in [2.24, 2.45) is 0 Å². The summed E-state index contributed by atoms with van der Waals surface area (Å²) in [6.07, 6.45) is -4.64. The van der Waals surface area contributed by atoms with Gasteiger partial charge in [0.25, 0.3) is 10.0 Å². The topological polar surface area (TPSA) is 81.2 Å². The van der Waals surface area contributed by atoms with E-state index < -0.39 is 26.7 Å². The van der Waals surface area contributed by atoms with Crippen LogP contribution in [0.2, 0.25) is 0 Å². The summed E-state index contributed by atoms with van der Waals surface area (Å²) >= 11 is 0. The molecule has 0 aliphatic heterocycles. The Balaban J connectivity index is 2.43. The molecule has 24 heavy (non-hydrogen) atoms. The van der Waals surface area contributed by atoms with Gasteiger partial charge in [-0.1, -0.05) is 6.07 Å². The van der Waals surface area contributed by atoms with Crippen LogP contribution in [0.5, 0.6) is 6.01 Å². The number of nitrogens with one attached hydrogen (secondary N) is 1. The number of rotatable bonds is 4. The molecule has 0 saturated heterocycles. The second-order valence-corrected chi connectivity index (χ2v) is 6.57. The lowest BCUT2D eigenvalue weighted by Gasteiger charge is -2.14. The molecular formula is C14H14F3N3O3S. The zero-order valence-corrected chi connectivity index (χ0v) is 13.8. The van der Waals surface area contributed by atoms with Crippen molar-refractivity contribution in [2.75, 3.05) is 11.8 Å². The van der Waals surface area contributed by atoms with Gasteiger partial charge < -0.3 is 4.74 Å². The van der Waals surface area contributed by atoms with Crippen molar-refractivity contribution < 1.29 is 26.3 Å². The van der Waals surface area contributed by atoms with Gasteiger partial charge in [0.2, 0.25) is 0 Å². The van der Waals surface area contributed by atoms with E-state index in [0.29, 0.717) is 6.07 Å². The highest BCUT2D eigenvalue weighted by Gasteiger charge is 2.31. The number of sulfonamides is 1. The van der Waals surface area contributed by atoms with Crippen LogP contribution in [0.1, 0.15) is 17.0 Å². The normalized spacial score (nSPS) is 12.1. The summed E-state index contributed by atoms with van der Waals surface area (Å²) < 4.78 is 70.1. The smallest absolute Gasteiger partial charge is 0.416 e. The van der Waals surface area contributed by atoms with Crippen LogP contribution in [-0.2, 0) is 16.2 Å². The quantitative estimate of drug-likeness (QED) is 0.906. The number of halogens is 3. The maximum atomic E-state index is 12.7. The van der Waals surface area contributed by atoms with E-state index in [4.69, 9.17) is 4.74 Å². The average Bonchev–Trinajstić information content (AvgIpc) is 2.50. The van der Waals surface area contributed by atoms with Crippen LogP contribution >= 0.6 is 0 Å². The lowest BCUT2D eigenvalue weighted by Crippen LogP contribution is -2.17. The van der Waals surface area contributed by atoms with E-state index in [2.05, 4.69) is 14.7 Å². The average molecular weight is 361 g/mol. The fourth-order valence-electron chi connectivity index (χ4n) is 1.96. The molecule has 1 aromatic carbocycles. The number of anilines is 1. The van der Waals surface area contributed by atoms with Crippen molar-refractivity contribution in [2.45, 2.75) is 24.9 Å². The fraction of sp³-hybridized carbons (Fsp3) is 0.286. The molecule has 6 nitrogen and oxygen atoms in total. The Morgan fingerprint density at radius 2 is 1.71 bits per heavy atom. The van der Waals surface area contributed by atoms with E-state index in [-0.39, 0.29) is 23.1 Å². The van der Waals surface area contributed by atoms with Crippen LogP contribution in [0.15, 0.2) is 29.2 Å². The minimum atomic E-state index is -4.64. The molecule has 0 bridgehead atoms. The molecule has 0 radical (unpaired) electrons. The molecule has 130 valence electrons. The van der Waals surface area contributed by atoms with Gasteiger partial charge in [-0.15, -0.1) is 0 Å². The number of methoxy groups -OCH3 is 1. The van der Waals surface area contributed by atoms with Gasteiger partial charge in [-0.25, -0.2) is 8.42 Å².